The average Bonchev–Trinajstić information content (AvgIpc) is 2.13. The summed E-state index contributed by atoms with van der Waals surface area (Å²) in [6, 6.07) is 0. The Labute approximate surface area is 104 Å². The summed E-state index contributed by atoms with van der Waals surface area (Å²) in [5, 5.41) is 9.34. The second-order valence-electron chi connectivity index (χ2n) is 5.43. The van der Waals surface area contributed by atoms with Crippen molar-refractivity contribution < 1.29 is 27.8 Å². The molecule has 0 radical (unpaired) electrons. The molecule has 1 heterocycles. The van der Waals surface area contributed by atoms with Crippen LogP contribution in [0.25, 0.3) is 0 Å². The third-order valence-electron chi connectivity index (χ3n) is 2.65. The van der Waals surface area contributed by atoms with Crippen molar-refractivity contribution in [1.29, 1.82) is 0 Å². The number of amides is 1. The Kier molecular flexibility index (Phi) is 4.15. The van der Waals surface area contributed by atoms with Gasteiger partial charge in [0.05, 0.1) is 12.0 Å². The molecule has 0 bridgehead atoms. The molecule has 1 aliphatic heterocycles. The zero-order valence-electron chi connectivity index (χ0n) is 10.6. The fourth-order valence-electron chi connectivity index (χ4n) is 1.75. The Morgan fingerprint density at radius 2 is 1.89 bits per heavy atom. The first-order valence-electron chi connectivity index (χ1n) is 5.73. The van der Waals surface area contributed by atoms with E-state index in [2.05, 4.69) is 0 Å². The topological polar surface area (TPSA) is 49.8 Å². The normalized spacial score (nSPS) is 26.1. The molecule has 1 amide bonds. The molecule has 0 saturated carbocycles. The standard InChI is InChI=1S/C11H18F3NO3/c1-10(2,3)18-9(17)15-5-4-8(16)7(6-15)11(12,13)14/h7-8,16H,4-6H2,1-3H3/t7-,8+/m1/s1. The summed E-state index contributed by atoms with van der Waals surface area (Å²) < 4.78 is 42.9. The highest BCUT2D eigenvalue weighted by Gasteiger charge is 2.48. The van der Waals surface area contributed by atoms with Crippen LogP contribution in [0.5, 0.6) is 0 Å². The summed E-state index contributed by atoms with van der Waals surface area (Å²) in [5.74, 6) is -1.90. The number of aliphatic hydroxyl groups is 1. The van der Waals surface area contributed by atoms with Gasteiger partial charge in [-0.15, -0.1) is 0 Å². The molecule has 0 spiro atoms. The van der Waals surface area contributed by atoms with Crippen LogP contribution in [0.3, 0.4) is 0 Å². The van der Waals surface area contributed by atoms with E-state index in [1.165, 1.54) is 0 Å². The predicted octanol–water partition coefficient (Wildman–Crippen LogP) is 2.17. The molecule has 2 atom stereocenters. The lowest BCUT2D eigenvalue weighted by Gasteiger charge is -2.37. The number of halogens is 3. The number of hydrogen-bond donors (Lipinski definition) is 1. The fourth-order valence-corrected chi connectivity index (χ4v) is 1.75. The first-order valence-corrected chi connectivity index (χ1v) is 5.73. The summed E-state index contributed by atoms with van der Waals surface area (Å²) in [4.78, 5) is 12.6. The summed E-state index contributed by atoms with van der Waals surface area (Å²) >= 11 is 0. The van der Waals surface area contributed by atoms with Crippen LogP contribution in [0.1, 0.15) is 27.2 Å². The largest absolute Gasteiger partial charge is 0.444 e. The van der Waals surface area contributed by atoms with E-state index >= 15 is 0 Å². The molecule has 1 rings (SSSR count). The van der Waals surface area contributed by atoms with Crippen molar-refractivity contribution in [3.8, 4) is 0 Å². The van der Waals surface area contributed by atoms with Crippen LogP contribution in [0.4, 0.5) is 18.0 Å². The third-order valence-corrected chi connectivity index (χ3v) is 2.65. The van der Waals surface area contributed by atoms with Crippen LogP contribution < -0.4 is 0 Å². The molecule has 1 aliphatic rings. The first kappa shape index (κ1) is 15.1. The van der Waals surface area contributed by atoms with Crippen molar-refractivity contribution in [3.63, 3.8) is 0 Å². The van der Waals surface area contributed by atoms with Gasteiger partial charge in [-0.25, -0.2) is 4.79 Å². The van der Waals surface area contributed by atoms with Crippen molar-refractivity contribution in [1.82, 2.24) is 4.90 Å². The van der Waals surface area contributed by atoms with Crippen LogP contribution in [-0.4, -0.2) is 47.1 Å². The third kappa shape index (κ3) is 4.04. The van der Waals surface area contributed by atoms with Gasteiger partial charge >= 0.3 is 12.3 Å². The Morgan fingerprint density at radius 3 is 2.33 bits per heavy atom. The number of carbonyl (C=O) groups is 1. The highest BCUT2D eigenvalue weighted by atomic mass is 19.4. The van der Waals surface area contributed by atoms with Gasteiger partial charge in [-0.1, -0.05) is 0 Å². The lowest BCUT2D eigenvalue weighted by atomic mass is 9.94. The smallest absolute Gasteiger partial charge is 0.410 e. The minimum atomic E-state index is -4.51. The van der Waals surface area contributed by atoms with E-state index in [0.717, 1.165) is 4.90 Å². The van der Waals surface area contributed by atoms with E-state index in [4.69, 9.17) is 4.74 Å². The number of hydrogen-bond acceptors (Lipinski definition) is 3. The molecule has 0 unspecified atom stereocenters. The van der Waals surface area contributed by atoms with Gasteiger partial charge in [0, 0.05) is 13.1 Å². The molecule has 7 heteroatoms. The number of nitrogens with zero attached hydrogens (tertiary/aromatic N) is 1. The second-order valence-corrected chi connectivity index (χ2v) is 5.43. The molecule has 0 aromatic heterocycles. The van der Waals surface area contributed by atoms with Gasteiger partial charge in [0.25, 0.3) is 0 Å². The quantitative estimate of drug-likeness (QED) is 0.733. The molecule has 0 aromatic rings. The Hall–Kier alpha value is -0.980. The lowest BCUT2D eigenvalue weighted by molar-refractivity contribution is -0.211. The first-order chi connectivity index (χ1) is 8.00. The maximum atomic E-state index is 12.6. The van der Waals surface area contributed by atoms with Crippen molar-refractivity contribution in [2.75, 3.05) is 13.1 Å². The van der Waals surface area contributed by atoms with Crippen LogP contribution >= 0.6 is 0 Å². The molecule has 18 heavy (non-hydrogen) atoms. The van der Waals surface area contributed by atoms with Crippen LogP contribution in [0.2, 0.25) is 0 Å². The average molecular weight is 269 g/mol. The van der Waals surface area contributed by atoms with E-state index in [1.54, 1.807) is 20.8 Å². The molecular formula is C11H18F3NO3. The molecule has 0 aromatic carbocycles. The van der Waals surface area contributed by atoms with Crippen molar-refractivity contribution in [2.24, 2.45) is 5.92 Å². The van der Waals surface area contributed by atoms with E-state index in [9.17, 15) is 23.1 Å². The van der Waals surface area contributed by atoms with E-state index < -0.39 is 36.4 Å². The van der Waals surface area contributed by atoms with Gasteiger partial charge in [-0.3, -0.25) is 0 Å². The van der Waals surface area contributed by atoms with Gasteiger partial charge in [-0.05, 0) is 27.2 Å². The van der Waals surface area contributed by atoms with Crippen LogP contribution in [0, 0.1) is 5.92 Å². The van der Waals surface area contributed by atoms with E-state index in [0.29, 0.717) is 0 Å². The minimum absolute atomic E-state index is 0.0721. The van der Waals surface area contributed by atoms with E-state index in [-0.39, 0.29) is 13.0 Å². The van der Waals surface area contributed by atoms with Gasteiger partial charge < -0.3 is 14.7 Å². The summed E-state index contributed by atoms with van der Waals surface area (Å²) in [7, 11) is 0. The number of aliphatic hydroxyl groups excluding tert-OH is 1. The van der Waals surface area contributed by atoms with Gasteiger partial charge in [0.15, 0.2) is 0 Å². The zero-order chi connectivity index (χ0) is 14.1. The number of rotatable bonds is 0. The number of likely N-dealkylation sites (tertiary alicyclic amines) is 1. The Balaban J connectivity index is 2.68. The molecule has 106 valence electrons. The van der Waals surface area contributed by atoms with Crippen molar-refractivity contribution >= 4 is 6.09 Å². The van der Waals surface area contributed by atoms with Gasteiger partial charge in [0.1, 0.15) is 5.60 Å². The van der Waals surface area contributed by atoms with Crippen molar-refractivity contribution in [2.45, 2.75) is 45.1 Å². The van der Waals surface area contributed by atoms with Crippen LogP contribution in [0.15, 0.2) is 0 Å². The second kappa shape index (κ2) is 4.95. The number of carbonyl (C=O) groups excluding carboxylic acids is 1. The maximum absolute atomic E-state index is 12.6. The van der Waals surface area contributed by atoms with Crippen LogP contribution in [-0.2, 0) is 4.74 Å². The SMILES string of the molecule is CC(C)(C)OC(=O)N1CC[C@H](O)[C@H](C(F)(F)F)C1. The Bertz CT molecular complexity index is 312. The Morgan fingerprint density at radius 1 is 1.33 bits per heavy atom. The summed E-state index contributed by atoms with van der Waals surface area (Å²) in [6.07, 6.45) is -6.84. The van der Waals surface area contributed by atoms with Gasteiger partial charge in [0.2, 0.25) is 0 Å². The molecule has 4 nitrogen and oxygen atoms in total. The number of piperidine rings is 1. The highest BCUT2D eigenvalue weighted by Crippen LogP contribution is 2.33. The molecule has 1 fully saturated rings. The van der Waals surface area contributed by atoms with Crippen molar-refractivity contribution in [3.05, 3.63) is 0 Å². The summed E-state index contributed by atoms with van der Waals surface area (Å²) in [6.45, 7) is 4.45. The molecule has 0 aliphatic carbocycles. The maximum Gasteiger partial charge on any atom is 0.410 e. The summed E-state index contributed by atoms with van der Waals surface area (Å²) in [5.41, 5.74) is -0.749. The highest BCUT2D eigenvalue weighted by molar-refractivity contribution is 5.68. The molecule has 1 N–H and O–H groups in total. The molecular weight excluding hydrogens is 251 g/mol. The number of alkyl halides is 3. The fraction of sp³-hybridized carbons (Fsp3) is 0.909. The van der Waals surface area contributed by atoms with E-state index in [1.807, 2.05) is 0 Å². The predicted molar refractivity (Wildman–Crippen MR) is 58.0 cm³/mol. The monoisotopic (exact) mass is 269 g/mol. The zero-order valence-corrected chi connectivity index (χ0v) is 10.6. The molecule has 1 saturated heterocycles. The van der Waals surface area contributed by atoms with Gasteiger partial charge in [-0.2, -0.15) is 13.2 Å². The lowest BCUT2D eigenvalue weighted by Crippen LogP contribution is -2.52. The minimum Gasteiger partial charge on any atom is -0.444 e. The number of ether oxygens (including phenoxy) is 1.